The van der Waals surface area contributed by atoms with Crippen molar-refractivity contribution in [3.8, 4) is 0 Å². The molecule has 446 valence electrons. The molecule has 0 bridgehead atoms. The van der Waals surface area contributed by atoms with Crippen LogP contribution in [0.4, 0.5) is 83.3 Å². The SMILES string of the molecule is CCSc1nc(NCCN)nc(NCCNc2nc(NCCN)nc(NCCNc3nc(NCCNc4nc(NCCN)nc(NCCNc5nc(NCCNc6nc(C)nc(NCCN)n6)nc(SCC)n5)n4)nc(SCC)n3)n2)n1. The minimum Gasteiger partial charge on any atom is -0.353 e. The molecular weight excluding hydrogens is 1120 g/mol. The second kappa shape index (κ2) is 36.5. The first-order chi connectivity index (χ1) is 40.2. The monoisotopic (exact) mass is 1190 g/mol. The van der Waals surface area contributed by atoms with E-state index >= 15 is 0 Å². The third-order valence-corrected chi connectivity index (χ3v) is 12.0. The zero-order valence-electron chi connectivity index (χ0n) is 46.4. The quantitative estimate of drug-likeness (QED) is 0.0170. The Morgan fingerprint density at radius 1 is 0.232 bits per heavy atom. The summed E-state index contributed by atoms with van der Waals surface area (Å²) >= 11 is 4.53. The van der Waals surface area contributed by atoms with Crippen LogP contribution in [0, 0.1) is 6.92 Å². The van der Waals surface area contributed by atoms with Gasteiger partial charge in [-0.3, -0.25) is 0 Å². The smallest absolute Gasteiger partial charge is 0.229 e. The van der Waals surface area contributed by atoms with Crippen LogP contribution < -0.4 is 97.4 Å². The summed E-state index contributed by atoms with van der Waals surface area (Å²) in [5.74, 6) is 8.56. The van der Waals surface area contributed by atoms with Crippen LogP contribution in [-0.4, -0.2) is 225 Å². The molecule has 0 radical (unpaired) electrons. The molecule has 22 N–H and O–H groups in total. The number of thioether (sulfide) groups is 3. The molecule has 6 aromatic heterocycles. The summed E-state index contributed by atoms with van der Waals surface area (Å²) in [4.78, 5) is 81.3. The Morgan fingerprint density at radius 3 is 0.537 bits per heavy atom. The minimum absolute atomic E-state index is 0.347. The van der Waals surface area contributed by atoms with E-state index in [4.69, 9.17) is 22.9 Å². The van der Waals surface area contributed by atoms with Crippen molar-refractivity contribution in [1.82, 2.24) is 89.7 Å². The van der Waals surface area contributed by atoms with Crippen molar-refractivity contribution in [2.45, 2.75) is 43.2 Å². The summed E-state index contributed by atoms with van der Waals surface area (Å²) in [7, 11) is 0. The molecule has 0 unspecified atom stereocenters. The number of aromatic nitrogens is 18. The van der Waals surface area contributed by atoms with Gasteiger partial charge in [0.15, 0.2) is 15.5 Å². The molecule has 0 atom stereocenters. The number of aryl methyl sites for hydroxylation is 1. The number of rotatable bonds is 43. The molecule has 6 heterocycles. The van der Waals surface area contributed by atoms with Gasteiger partial charge >= 0.3 is 0 Å². The molecule has 0 saturated carbocycles. The molecule has 0 saturated heterocycles. The highest BCUT2D eigenvalue weighted by atomic mass is 32.2. The van der Waals surface area contributed by atoms with Gasteiger partial charge in [0.05, 0.1) is 0 Å². The zero-order chi connectivity index (χ0) is 58.0. The van der Waals surface area contributed by atoms with E-state index in [1.807, 2.05) is 20.8 Å². The summed E-state index contributed by atoms with van der Waals surface area (Å²) in [6, 6.07) is 0. The standard InChI is InChI=1S/C43H76N36S3/c1-5-80-41-74-35(51-15-11-47)71-36(75-41)58-22-17-53-31-65-29(49-13-9-45)66-32(69-31)55-19-24-60-39-73-40(79-43(78-39)82-7-3)61-25-20-56-34-68-30(50-14-10-46)67-33(70-34)54-18-23-59-38-72-37(76-42(77-38)81-6-2)57-21-16-52-28-63-26(4)62-27(64-28)48-12-8-44/h5-25,44-47H2,1-4H3,(H2,48,52,62,63,64)(H2,51,58,71,74,75)(H2,57,59,72,76,77)(H2,60,61,73,78,79)(H3,49,53,55,65,66,69)(H3,50,54,56,67,68,70). The van der Waals surface area contributed by atoms with E-state index in [1.165, 1.54) is 35.3 Å². The van der Waals surface area contributed by atoms with Crippen LogP contribution in [0.2, 0.25) is 0 Å². The van der Waals surface area contributed by atoms with Gasteiger partial charge < -0.3 is 97.4 Å². The van der Waals surface area contributed by atoms with Crippen molar-refractivity contribution in [3.63, 3.8) is 0 Å². The summed E-state index contributed by atoms with van der Waals surface area (Å²) in [5, 5.41) is 46.8. The van der Waals surface area contributed by atoms with E-state index in [2.05, 4.69) is 164 Å². The third-order valence-electron chi connectivity index (χ3n) is 9.85. The zero-order valence-corrected chi connectivity index (χ0v) is 48.9. The van der Waals surface area contributed by atoms with E-state index in [-0.39, 0.29) is 0 Å². The largest absolute Gasteiger partial charge is 0.353 e. The van der Waals surface area contributed by atoms with Gasteiger partial charge in [-0.1, -0.05) is 56.1 Å². The Kier molecular flexibility index (Phi) is 28.2. The summed E-state index contributed by atoms with van der Waals surface area (Å²) < 4.78 is 0. The fraction of sp³-hybridized carbons (Fsp3) is 0.581. The predicted molar refractivity (Wildman–Crippen MR) is 328 cm³/mol. The summed E-state index contributed by atoms with van der Waals surface area (Å²) in [6.45, 7) is 16.1. The Morgan fingerprint density at radius 2 is 0.378 bits per heavy atom. The van der Waals surface area contributed by atoms with Crippen molar-refractivity contribution in [2.75, 3.05) is 209 Å². The van der Waals surface area contributed by atoms with Crippen molar-refractivity contribution >= 4 is 119 Å². The maximum Gasteiger partial charge on any atom is 0.229 e. The van der Waals surface area contributed by atoms with Crippen molar-refractivity contribution in [3.05, 3.63) is 5.82 Å². The van der Waals surface area contributed by atoms with Gasteiger partial charge in [-0.05, 0) is 24.2 Å². The maximum atomic E-state index is 5.78. The molecular formula is C43H76N36S3. The molecule has 0 spiro atoms. The Hall–Kier alpha value is -7.85. The molecule has 0 fully saturated rings. The average molecular weight is 1190 g/mol. The van der Waals surface area contributed by atoms with Crippen LogP contribution >= 0.6 is 35.3 Å². The lowest BCUT2D eigenvalue weighted by atomic mass is 10.6. The number of nitrogens with zero attached hydrogens (tertiary/aromatic N) is 18. The van der Waals surface area contributed by atoms with Gasteiger partial charge in [0, 0.05) is 118 Å². The van der Waals surface area contributed by atoms with Gasteiger partial charge in [-0.25, -0.2) is 0 Å². The number of nitrogens with one attached hydrogen (secondary N) is 14. The molecule has 36 nitrogen and oxygen atoms in total. The van der Waals surface area contributed by atoms with Gasteiger partial charge in [-0.15, -0.1) is 0 Å². The molecule has 6 aromatic rings. The van der Waals surface area contributed by atoms with Crippen LogP contribution in [0.15, 0.2) is 15.5 Å². The van der Waals surface area contributed by atoms with Crippen molar-refractivity contribution < 1.29 is 0 Å². The lowest BCUT2D eigenvalue weighted by molar-refractivity contribution is 0.875. The molecule has 0 aromatic carbocycles. The Bertz CT molecular complexity index is 2800. The Balaban J connectivity index is 0.965. The van der Waals surface area contributed by atoms with Crippen molar-refractivity contribution in [1.29, 1.82) is 0 Å². The van der Waals surface area contributed by atoms with E-state index in [1.54, 1.807) is 6.92 Å². The highest BCUT2D eigenvalue weighted by Crippen LogP contribution is 2.19. The fourth-order valence-electron chi connectivity index (χ4n) is 6.47. The minimum atomic E-state index is 0.347. The molecule has 82 heavy (non-hydrogen) atoms. The summed E-state index contributed by atoms with van der Waals surface area (Å²) in [5.41, 5.74) is 22.8. The third kappa shape index (κ3) is 23.7. The highest BCUT2D eigenvalue weighted by molar-refractivity contribution is 7.99. The van der Waals surface area contributed by atoms with Crippen molar-refractivity contribution in [2.24, 2.45) is 22.9 Å². The topological polar surface area (TPSA) is 505 Å². The van der Waals surface area contributed by atoms with Gasteiger partial charge in [0.25, 0.3) is 0 Å². The fourth-order valence-corrected chi connectivity index (χ4v) is 8.15. The number of nitrogens with two attached hydrogens (primary N) is 4. The average Bonchev–Trinajstić information content (AvgIpc) is 3.50. The first-order valence-corrected chi connectivity index (χ1v) is 29.7. The number of hydrogen-bond acceptors (Lipinski definition) is 39. The molecule has 0 amide bonds. The first kappa shape index (κ1) is 63.3. The second-order valence-electron chi connectivity index (χ2n) is 16.4. The van der Waals surface area contributed by atoms with E-state index < -0.39 is 0 Å². The Labute approximate surface area is 487 Å². The first-order valence-electron chi connectivity index (χ1n) is 26.7. The maximum absolute atomic E-state index is 5.78. The highest BCUT2D eigenvalue weighted by Gasteiger charge is 2.13. The summed E-state index contributed by atoms with van der Waals surface area (Å²) in [6.07, 6.45) is 0. The van der Waals surface area contributed by atoms with E-state index in [9.17, 15) is 0 Å². The molecule has 39 heteroatoms. The number of anilines is 14. The van der Waals surface area contributed by atoms with E-state index in [0.717, 1.165) is 17.3 Å². The molecule has 0 aliphatic carbocycles. The van der Waals surface area contributed by atoms with Crippen LogP contribution in [0.3, 0.4) is 0 Å². The predicted octanol–water partition coefficient (Wildman–Crippen LogP) is -0.457. The van der Waals surface area contributed by atoms with Crippen LogP contribution in [0.25, 0.3) is 0 Å². The van der Waals surface area contributed by atoms with Gasteiger partial charge in [0.2, 0.25) is 83.3 Å². The van der Waals surface area contributed by atoms with Gasteiger partial charge in [-0.2, -0.15) is 89.7 Å². The lowest BCUT2D eigenvalue weighted by Crippen LogP contribution is -2.22. The molecule has 0 aliphatic heterocycles. The second-order valence-corrected chi connectivity index (χ2v) is 20.1. The van der Waals surface area contributed by atoms with Gasteiger partial charge in [0.1, 0.15) is 5.82 Å². The van der Waals surface area contributed by atoms with Crippen LogP contribution in [-0.2, 0) is 0 Å². The number of hydrogen-bond donors (Lipinski definition) is 18. The molecule has 0 aliphatic rings. The van der Waals surface area contributed by atoms with E-state index in [0.29, 0.717) is 222 Å². The van der Waals surface area contributed by atoms with Crippen LogP contribution in [0.1, 0.15) is 26.6 Å². The molecule has 6 rings (SSSR count). The van der Waals surface area contributed by atoms with Crippen LogP contribution in [0.5, 0.6) is 0 Å². The lowest BCUT2D eigenvalue weighted by Gasteiger charge is -2.13. The normalized spacial score (nSPS) is 10.9.